The SMILES string of the molecule is CC[C@H](N)C(=O)N(C)Cc1ccc(N2CCOCC2)cc1. The standard InChI is InChI=1S/C16H25N3O2/c1-3-15(17)16(20)18(2)12-13-4-6-14(7-5-13)19-8-10-21-11-9-19/h4-7,15H,3,8-12,17H2,1-2H3/t15-/m0/s1. The molecule has 1 aliphatic rings. The van der Waals surface area contributed by atoms with Crippen molar-refractivity contribution in [1.82, 2.24) is 4.90 Å². The molecule has 5 nitrogen and oxygen atoms in total. The molecule has 1 atom stereocenters. The maximum absolute atomic E-state index is 12.0. The first-order chi connectivity index (χ1) is 10.1. The molecule has 0 spiro atoms. The summed E-state index contributed by atoms with van der Waals surface area (Å²) < 4.78 is 5.36. The third-order valence-electron chi connectivity index (χ3n) is 3.87. The number of amides is 1. The fourth-order valence-electron chi connectivity index (χ4n) is 2.44. The molecule has 21 heavy (non-hydrogen) atoms. The zero-order valence-electron chi connectivity index (χ0n) is 12.9. The van der Waals surface area contributed by atoms with Crippen LogP contribution in [0.5, 0.6) is 0 Å². The molecule has 1 saturated heterocycles. The fourth-order valence-corrected chi connectivity index (χ4v) is 2.44. The lowest BCUT2D eigenvalue weighted by atomic mass is 10.1. The van der Waals surface area contributed by atoms with E-state index in [1.807, 2.05) is 6.92 Å². The van der Waals surface area contributed by atoms with Gasteiger partial charge in [0, 0.05) is 32.4 Å². The van der Waals surface area contributed by atoms with Crippen LogP contribution in [-0.2, 0) is 16.1 Å². The molecule has 0 aromatic heterocycles. The Morgan fingerprint density at radius 2 is 1.95 bits per heavy atom. The van der Waals surface area contributed by atoms with Crippen molar-refractivity contribution < 1.29 is 9.53 Å². The van der Waals surface area contributed by atoms with Gasteiger partial charge in [-0.15, -0.1) is 0 Å². The van der Waals surface area contributed by atoms with Crippen LogP contribution in [0.15, 0.2) is 24.3 Å². The van der Waals surface area contributed by atoms with Crippen LogP contribution in [0.3, 0.4) is 0 Å². The number of likely N-dealkylation sites (N-methyl/N-ethyl adjacent to an activating group) is 1. The van der Waals surface area contributed by atoms with Gasteiger partial charge in [0.2, 0.25) is 5.91 Å². The van der Waals surface area contributed by atoms with Gasteiger partial charge in [-0.05, 0) is 24.1 Å². The number of morpholine rings is 1. The van der Waals surface area contributed by atoms with Gasteiger partial charge in [0.1, 0.15) is 0 Å². The number of anilines is 1. The maximum atomic E-state index is 12.0. The summed E-state index contributed by atoms with van der Waals surface area (Å²) in [7, 11) is 1.80. The van der Waals surface area contributed by atoms with Gasteiger partial charge in [-0.1, -0.05) is 19.1 Å². The van der Waals surface area contributed by atoms with Crippen molar-refractivity contribution in [2.75, 3.05) is 38.3 Å². The van der Waals surface area contributed by atoms with E-state index in [2.05, 4.69) is 29.2 Å². The minimum absolute atomic E-state index is 0.00486. The second-order valence-electron chi connectivity index (χ2n) is 5.47. The monoisotopic (exact) mass is 291 g/mol. The van der Waals surface area contributed by atoms with Crippen molar-refractivity contribution in [1.29, 1.82) is 0 Å². The highest BCUT2D eigenvalue weighted by Gasteiger charge is 2.16. The van der Waals surface area contributed by atoms with E-state index in [4.69, 9.17) is 10.5 Å². The first kappa shape index (κ1) is 15.8. The minimum atomic E-state index is -0.400. The minimum Gasteiger partial charge on any atom is -0.378 e. The van der Waals surface area contributed by atoms with Crippen molar-refractivity contribution in [2.24, 2.45) is 5.73 Å². The molecule has 0 aliphatic carbocycles. The van der Waals surface area contributed by atoms with Gasteiger partial charge >= 0.3 is 0 Å². The second kappa shape index (κ2) is 7.43. The fraction of sp³-hybridized carbons (Fsp3) is 0.562. The summed E-state index contributed by atoms with van der Waals surface area (Å²) in [5, 5.41) is 0. The highest BCUT2D eigenvalue weighted by molar-refractivity contribution is 5.81. The Bertz CT molecular complexity index is 455. The number of hydrogen-bond donors (Lipinski definition) is 1. The van der Waals surface area contributed by atoms with Gasteiger partial charge in [0.05, 0.1) is 19.3 Å². The Balaban J connectivity index is 1.94. The van der Waals surface area contributed by atoms with Crippen LogP contribution in [0.25, 0.3) is 0 Å². The Kier molecular flexibility index (Phi) is 5.59. The highest BCUT2D eigenvalue weighted by atomic mass is 16.5. The number of nitrogens with zero attached hydrogens (tertiary/aromatic N) is 2. The van der Waals surface area contributed by atoms with E-state index < -0.39 is 6.04 Å². The number of carbonyl (C=O) groups excluding carboxylic acids is 1. The first-order valence-electron chi connectivity index (χ1n) is 7.54. The number of nitrogens with two attached hydrogens (primary N) is 1. The Labute approximate surface area is 126 Å². The number of hydrogen-bond acceptors (Lipinski definition) is 4. The number of benzene rings is 1. The summed E-state index contributed by atoms with van der Waals surface area (Å²) in [6.45, 7) is 5.96. The van der Waals surface area contributed by atoms with E-state index in [1.165, 1.54) is 5.69 Å². The lowest BCUT2D eigenvalue weighted by Crippen LogP contribution is -2.40. The van der Waals surface area contributed by atoms with Crippen LogP contribution >= 0.6 is 0 Å². The van der Waals surface area contributed by atoms with Crippen molar-refractivity contribution in [3.8, 4) is 0 Å². The quantitative estimate of drug-likeness (QED) is 0.886. The Morgan fingerprint density at radius 1 is 1.33 bits per heavy atom. The van der Waals surface area contributed by atoms with Crippen molar-refractivity contribution in [3.05, 3.63) is 29.8 Å². The molecule has 0 saturated carbocycles. The Hall–Kier alpha value is -1.59. The molecule has 1 aromatic carbocycles. The average molecular weight is 291 g/mol. The molecular formula is C16H25N3O2. The van der Waals surface area contributed by atoms with Crippen LogP contribution in [-0.4, -0.2) is 50.2 Å². The van der Waals surface area contributed by atoms with E-state index in [-0.39, 0.29) is 5.91 Å². The molecule has 1 fully saturated rings. The summed E-state index contributed by atoms with van der Waals surface area (Å²) >= 11 is 0. The van der Waals surface area contributed by atoms with Crippen LogP contribution in [0, 0.1) is 0 Å². The zero-order chi connectivity index (χ0) is 15.2. The summed E-state index contributed by atoms with van der Waals surface area (Å²) in [6, 6.07) is 7.97. The maximum Gasteiger partial charge on any atom is 0.239 e. The molecule has 2 rings (SSSR count). The predicted molar refractivity (Wildman–Crippen MR) is 84.2 cm³/mol. The molecule has 1 heterocycles. The first-order valence-corrected chi connectivity index (χ1v) is 7.54. The van der Waals surface area contributed by atoms with Crippen molar-refractivity contribution in [2.45, 2.75) is 25.9 Å². The van der Waals surface area contributed by atoms with Crippen LogP contribution in [0.2, 0.25) is 0 Å². The van der Waals surface area contributed by atoms with Crippen molar-refractivity contribution >= 4 is 11.6 Å². The lowest BCUT2D eigenvalue weighted by Gasteiger charge is -2.29. The van der Waals surface area contributed by atoms with E-state index in [0.29, 0.717) is 13.0 Å². The highest BCUT2D eigenvalue weighted by Crippen LogP contribution is 2.17. The molecule has 5 heteroatoms. The van der Waals surface area contributed by atoms with Crippen LogP contribution < -0.4 is 10.6 Å². The van der Waals surface area contributed by atoms with Gasteiger partial charge < -0.3 is 20.3 Å². The van der Waals surface area contributed by atoms with Gasteiger partial charge in [0.15, 0.2) is 0 Å². The molecular weight excluding hydrogens is 266 g/mol. The summed E-state index contributed by atoms with van der Waals surface area (Å²) in [5.41, 5.74) is 8.11. The van der Waals surface area contributed by atoms with E-state index in [9.17, 15) is 4.79 Å². The molecule has 0 unspecified atom stereocenters. The Morgan fingerprint density at radius 3 is 2.52 bits per heavy atom. The third kappa shape index (κ3) is 4.19. The van der Waals surface area contributed by atoms with Crippen molar-refractivity contribution in [3.63, 3.8) is 0 Å². The van der Waals surface area contributed by atoms with E-state index in [0.717, 1.165) is 31.9 Å². The summed E-state index contributed by atoms with van der Waals surface area (Å²) in [6.07, 6.45) is 0.666. The number of carbonyl (C=O) groups is 1. The van der Waals surface area contributed by atoms with E-state index in [1.54, 1.807) is 11.9 Å². The van der Waals surface area contributed by atoms with Gasteiger partial charge in [0.25, 0.3) is 0 Å². The average Bonchev–Trinajstić information content (AvgIpc) is 2.54. The van der Waals surface area contributed by atoms with Crippen LogP contribution in [0.1, 0.15) is 18.9 Å². The topological polar surface area (TPSA) is 58.8 Å². The predicted octanol–water partition coefficient (Wildman–Crippen LogP) is 1.22. The van der Waals surface area contributed by atoms with Gasteiger partial charge in [-0.25, -0.2) is 0 Å². The van der Waals surface area contributed by atoms with Crippen LogP contribution in [0.4, 0.5) is 5.69 Å². The number of ether oxygens (including phenoxy) is 1. The molecule has 1 amide bonds. The third-order valence-corrected chi connectivity index (χ3v) is 3.87. The normalized spacial score (nSPS) is 16.6. The summed E-state index contributed by atoms with van der Waals surface area (Å²) in [4.78, 5) is 16.0. The smallest absolute Gasteiger partial charge is 0.239 e. The number of rotatable bonds is 5. The molecule has 116 valence electrons. The molecule has 0 radical (unpaired) electrons. The molecule has 1 aromatic rings. The summed E-state index contributed by atoms with van der Waals surface area (Å²) in [5.74, 6) is -0.00486. The molecule has 0 bridgehead atoms. The van der Waals surface area contributed by atoms with Gasteiger partial charge in [-0.2, -0.15) is 0 Å². The lowest BCUT2D eigenvalue weighted by molar-refractivity contribution is -0.131. The van der Waals surface area contributed by atoms with Gasteiger partial charge in [-0.3, -0.25) is 4.79 Å². The largest absolute Gasteiger partial charge is 0.378 e. The second-order valence-corrected chi connectivity index (χ2v) is 5.47. The molecule has 1 aliphatic heterocycles. The zero-order valence-corrected chi connectivity index (χ0v) is 12.9. The molecule has 2 N–H and O–H groups in total. The van der Waals surface area contributed by atoms with E-state index >= 15 is 0 Å².